The first-order valence-electron chi connectivity index (χ1n) is 8.29. The molecule has 146 valence electrons. The van der Waals surface area contributed by atoms with Gasteiger partial charge in [-0.25, -0.2) is 9.59 Å². The average molecular weight is 403 g/mol. The van der Waals surface area contributed by atoms with Crippen molar-refractivity contribution in [1.82, 2.24) is 0 Å². The number of carbonyl (C=O) groups is 2. The molecule has 2 rings (SSSR count). The Morgan fingerprint density at radius 1 is 1.36 bits per heavy atom. The van der Waals surface area contributed by atoms with Gasteiger partial charge in [0, 0.05) is 10.6 Å². The van der Waals surface area contributed by atoms with Crippen LogP contribution in [0, 0.1) is 11.3 Å². The number of rotatable bonds is 6. The molecular weight excluding hydrogens is 384 g/mol. The summed E-state index contributed by atoms with van der Waals surface area (Å²) in [5, 5.41) is 10.0. The molecule has 1 aromatic carbocycles. The van der Waals surface area contributed by atoms with E-state index in [0.29, 0.717) is 10.6 Å². The van der Waals surface area contributed by atoms with Crippen LogP contribution in [-0.4, -0.2) is 25.2 Å². The molecule has 0 bridgehead atoms. The molecule has 8 heteroatoms. The fourth-order valence-corrected chi connectivity index (χ4v) is 2.81. The molecule has 1 atom stereocenters. The van der Waals surface area contributed by atoms with Gasteiger partial charge in [-0.1, -0.05) is 30.3 Å². The van der Waals surface area contributed by atoms with E-state index in [1.54, 1.807) is 31.2 Å². The Balaban J connectivity index is 2.25. The maximum Gasteiger partial charge on any atom is 0.340 e. The van der Waals surface area contributed by atoms with Gasteiger partial charge < -0.3 is 19.9 Å². The summed E-state index contributed by atoms with van der Waals surface area (Å²) < 4.78 is 15.4. The normalized spacial score (nSPS) is 16.1. The number of halogens is 1. The second-order valence-corrected chi connectivity index (χ2v) is 6.44. The SMILES string of the molecule is C=C(C)C(=O)OCCOC(=O)C1=C(N)OC(C)=C(C#N)[C@H]1c1cccc(Cl)c1. The Morgan fingerprint density at radius 2 is 2.04 bits per heavy atom. The van der Waals surface area contributed by atoms with Crippen molar-refractivity contribution < 1.29 is 23.8 Å². The predicted octanol–water partition coefficient (Wildman–Crippen LogP) is 3.08. The minimum atomic E-state index is -0.789. The number of esters is 2. The molecule has 0 aromatic heterocycles. The average Bonchev–Trinajstić information content (AvgIpc) is 2.64. The van der Waals surface area contributed by atoms with Crippen LogP contribution >= 0.6 is 11.6 Å². The third kappa shape index (κ3) is 4.72. The van der Waals surface area contributed by atoms with Crippen LogP contribution in [0.1, 0.15) is 25.3 Å². The van der Waals surface area contributed by atoms with Crippen molar-refractivity contribution in [3.63, 3.8) is 0 Å². The summed E-state index contributed by atoms with van der Waals surface area (Å²) in [6.07, 6.45) is 0. The topological polar surface area (TPSA) is 112 Å². The fourth-order valence-electron chi connectivity index (χ4n) is 2.62. The van der Waals surface area contributed by atoms with Crippen LogP contribution in [0.2, 0.25) is 5.02 Å². The monoisotopic (exact) mass is 402 g/mol. The van der Waals surface area contributed by atoms with Crippen molar-refractivity contribution in [2.75, 3.05) is 13.2 Å². The van der Waals surface area contributed by atoms with Crippen LogP contribution in [0.25, 0.3) is 0 Å². The number of hydrogen-bond donors (Lipinski definition) is 1. The second kappa shape index (κ2) is 9.11. The number of benzene rings is 1. The van der Waals surface area contributed by atoms with Crippen LogP contribution in [0.4, 0.5) is 0 Å². The smallest absolute Gasteiger partial charge is 0.340 e. The Kier molecular flexibility index (Phi) is 6.85. The van der Waals surface area contributed by atoms with Gasteiger partial charge in [0.25, 0.3) is 0 Å². The minimum Gasteiger partial charge on any atom is -0.459 e. The summed E-state index contributed by atoms with van der Waals surface area (Å²) in [5.41, 5.74) is 6.96. The summed E-state index contributed by atoms with van der Waals surface area (Å²) >= 11 is 6.06. The van der Waals surface area contributed by atoms with Crippen molar-refractivity contribution in [1.29, 1.82) is 5.26 Å². The van der Waals surface area contributed by atoms with E-state index in [0.717, 1.165) is 0 Å². The molecule has 28 heavy (non-hydrogen) atoms. The van der Waals surface area contributed by atoms with Crippen LogP contribution < -0.4 is 5.73 Å². The van der Waals surface area contributed by atoms with Crippen LogP contribution in [0.15, 0.2) is 59.2 Å². The van der Waals surface area contributed by atoms with E-state index in [1.807, 2.05) is 0 Å². The first kappa shape index (κ1) is 21.1. The molecule has 0 unspecified atom stereocenters. The van der Waals surface area contributed by atoms with Gasteiger partial charge in [-0.3, -0.25) is 0 Å². The zero-order valence-electron chi connectivity index (χ0n) is 15.5. The van der Waals surface area contributed by atoms with Crippen molar-refractivity contribution in [2.45, 2.75) is 19.8 Å². The third-order valence-corrected chi connectivity index (χ3v) is 4.14. The molecule has 0 radical (unpaired) electrons. The summed E-state index contributed by atoms with van der Waals surface area (Å²) in [6.45, 7) is 6.21. The van der Waals surface area contributed by atoms with E-state index in [2.05, 4.69) is 12.6 Å². The maximum absolute atomic E-state index is 12.7. The number of nitriles is 1. The summed E-state index contributed by atoms with van der Waals surface area (Å²) in [7, 11) is 0. The Hall–Kier alpha value is -3.24. The second-order valence-electron chi connectivity index (χ2n) is 6.00. The highest BCUT2D eigenvalue weighted by Crippen LogP contribution is 2.40. The lowest BCUT2D eigenvalue weighted by Gasteiger charge is -2.26. The van der Waals surface area contributed by atoms with Gasteiger partial charge in [0.15, 0.2) is 0 Å². The largest absolute Gasteiger partial charge is 0.459 e. The zero-order valence-corrected chi connectivity index (χ0v) is 16.2. The van der Waals surface area contributed by atoms with Crippen molar-refractivity contribution in [3.8, 4) is 6.07 Å². The number of carbonyl (C=O) groups excluding carboxylic acids is 2. The third-order valence-electron chi connectivity index (χ3n) is 3.91. The lowest BCUT2D eigenvalue weighted by atomic mass is 9.83. The lowest BCUT2D eigenvalue weighted by molar-refractivity contribution is -0.147. The van der Waals surface area contributed by atoms with Crippen molar-refractivity contribution >= 4 is 23.5 Å². The molecule has 1 aromatic rings. The van der Waals surface area contributed by atoms with E-state index >= 15 is 0 Å². The molecule has 2 N–H and O–H groups in total. The van der Waals surface area contributed by atoms with Gasteiger partial charge in [0.1, 0.15) is 24.5 Å². The molecule has 0 fully saturated rings. The molecular formula is C20H19ClN2O5. The molecule has 1 heterocycles. The molecule has 0 saturated carbocycles. The van der Waals surface area contributed by atoms with Crippen LogP contribution in [-0.2, 0) is 23.8 Å². The number of nitrogens with two attached hydrogens (primary N) is 1. The van der Waals surface area contributed by atoms with Crippen LogP contribution in [0.5, 0.6) is 0 Å². The summed E-state index contributed by atoms with van der Waals surface area (Å²) in [4.78, 5) is 24.0. The quantitative estimate of drug-likeness (QED) is 0.442. The standard InChI is InChI=1S/C20H19ClN2O5/c1-11(2)19(24)26-7-8-27-20(25)17-16(13-5-4-6-14(21)9-13)15(10-22)12(3)28-18(17)23/h4-6,9,16H,1,7-8,23H2,2-3H3/t16-/m1/s1. The van der Waals surface area contributed by atoms with Gasteiger partial charge in [-0.15, -0.1) is 0 Å². The molecule has 0 saturated heterocycles. The molecule has 0 aliphatic carbocycles. The fraction of sp³-hybridized carbons (Fsp3) is 0.250. The highest BCUT2D eigenvalue weighted by molar-refractivity contribution is 6.30. The number of hydrogen-bond acceptors (Lipinski definition) is 7. The van der Waals surface area contributed by atoms with E-state index < -0.39 is 17.9 Å². The van der Waals surface area contributed by atoms with Gasteiger partial charge in [0.2, 0.25) is 5.88 Å². The minimum absolute atomic E-state index is 0.0179. The van der Waals surface area contributed by atoms with Gasteiger partial charge in [-0.05, 0) is 31.5 Å². The number of allylic oxidation sites excluding steroid dienone is 2. The number of nitrogens with zero attached hydrogens (tertiary/aromatic N) is 1. The Labute approximate surface area is 167 Å². The molecule has 0 amide bonds. The Morgan fingerprint density at radius 3 is 2.64 bits per heavy atom. The first-order valence-corrected chi connectivity index (χ1v) is 8.67. The Bertz CT molecular complexity index is 927. The molecule has 7 nitrogen and oxygen atoms in total. The van der Waals surface area contributed by atoms with E-state index in [9.17, 15) is 14.9 Å². The first-order chi connectivity index (χ1) is 13.3. The highest BCUT2D eigenvalue weighted by Gasteiger charge is 2.36. The van der Waals surface area contributed by atoms with Gasteiger partial charge in [-0.2, -0.15) is 5.26 Å². The molecule has 0 spiro atoms. The highest BCUT2D eigenvalue weighted by atomic mass is 35.5. The zero-order chi connectivity index (χ0) is 20.8. The maximum atomic E-state index is 12.7. The molecule has 1 aliphatic heterocycles. The van der Waals surface area contributed by atoms with Crippen molar-refractivity contribution in [3.05, 3.63) is 69.8 Å². The van der Waals surface area contributed by atoms with Gasteiger partial charge in [0.05, 0.1) is 17.6 Å². The van der Waals surface area contributed by atoms with Crippen molar-refractivity contribution in [2.24, 2.45) is 5.73 Å². The summed E-state index contributed by atoms with van der Waals surface area (Å²) in [5.74, 6) is -2.03. The predicted molar refractivity (Wildman–Crippen MR) is 102 cm³/mol. The van der Waals surface area contributed by atoms with Crippen LogP contribution in [0.3, 0.4) is 0 Å². The van der Waals surface area contributed by atoms with E-state index in [4.69, 9.17) is 31.5 Å². The van der Waals surface area contributed by atoms with E-state index in [-0.39, 0.29) is 41.6 Å². The van der Waals surface area contributed by atoms with Gasteiger partial charge >= 0.3 is 11.9 Å². The summed E-state index contributed by atoms with van der Waals surface area (Å²) in [6, 6.07) is 8.79. The molecule has 1 aliphatic rings. The van der Waals surface area contributed by atoms with E-state index in [1.165, 1.54) is 6.92 Å². The number of ether oxygens (including phenoxy) is 3. The lowest BCUT2D eigenvalue weighted by Crippen LogP contribution is -2.27.